The molecule has 1 amide bonds. The molecule has 3 rings (SSSR count). The number of amides is 1. The van der Waals surface area contributed by atoms with Crippen molar-refractivity contribution < 1.29 is 14.3 Å². The van der Waals surface area contributed by atoms with Crippen LogP contribution in [0.2, 0.25) is 0 Å². The van der Waals surface area contributed by atoms with Crippen LogP contribution in [0.5, 0.6) is 11.5 Å². The zero-order valence-corrected chi connectivity index (χ0v) is 11.5. The van der Waals surface area contributed by atoms with Gasteiger partial charge in [0.25, 0.3) is 5.91 Å². The van der Waals surface area contributed by atoms with Gasteiger partial charge in [0.1, 0.15) is 0 Å². The van der Waals surface area contributed by atoms with Crippen molar-refractivity contribution in [3.8, 4) is 11.5 Å². The first-order valence-electron chi connectivity index (χ1n) is 6.90. The predicted molar refractivity (Wildman–Crippen MR) is 77.5 cm³/mol. The van der Waals surface area contributed by atoms with Crippen molar-refractivity contribution in [3.63, 3.8) is 0 Å². The van der Waals surface area contributed by atoms with E-state index in [2.05, 4.69) is 10.3 Å². The maximum absolute atomic E-state index is 11.8. The Hall–Kier alpha value is -2.56. The van der Waals surface area contributed by atoms with Gasteiger partial charge in [-0.05, 0) is 42.7 Å². The first-order chi connectivity index (χ1) is 10.3. The highest BCUT2D eigenvalue weighted by molar-refractivity contribution is 5.93. The lowest BCUT2D eigenvalue weighted by molar-refractivity contribution is 0.0953. The molecule has 0 bridgehead atoms. The minimum Gasteiger partial charge on any atom is -0.454 e. The summed E-state index contributed by atoms with van der Waals surface area (Å²) < 4.78 is 10.6. The van der Waals surface area contributed by atoms with Crippen molar-refractivity contribution in [2.24, 2.45) is 0 Å². The van der Waals surface area contributed by atoms with E-state index in [4.69, 9.17) is 9.47 Å². The number of nitrogens with one attached hydrogen (secondary N) is 1. The number of aryl methyl sites for hydroxylation is 1. The maximum atomic E-state index is 11.8. The van der Waals surface area contributed by atoms with Gasteiger partial charge in [0, 0.05) is 18.9 Å². The van der Waals surface area contributed by atoms with Crippen molar-refractivity contribution >= 4 is 5.91 Å². The van der Waals surface area contributed by atoms with E-state index in [1.807, 2.05) is 18.2 Å². The monoisotopic (exact) mass is 284 g/mol. The van der Waals surface area contributed by atoms with Crippen LogP contribution in [0, 0.1) is 0 Å². The Bertz CT molecular complexity index is 629. The molecule has 1 aliphatic heterocycles. The molecule has 1 aromatic carbocycles. The number of nitrogens with zero attached hydrogens (tertiary/aromatic N) is 1. The van der Waals surface area contributed by atoms with E-state index in [-0.39, 0.29) is 5.91 Å². The molecule has 108 valence electrons. The van der Waals surface area contributed by atoms with Gasteiger partial charge in [-0.25, -0.2) is 0 Å². The number of ether oxygens (including phenoxy) is 2. The number of benzene rings is 1. The second kappa shape index (κ2) is 6.26. The lowest BCUT2D eigenvalue weighted by Crippen LogP contribution is -2.24. The van der Waals surface area contributed by atoms with Gasteiger partial charge in [0.2, 0.25) is 6.79 Å². The third kappa shape index (κ3) is 3.31. The second-order valence-corrected chi connectivity index (χ2v) is 4.79. The van der Waals surface area contributed by atoms with Crippen LogP contribution in [0.15, 0.2) is 42.7 Å². The maximum Gasteiger partial charge on any atom is 0.252 e. The highest BCUT2D eigenvalue weighted by Crippen LogP contribution is 2.32. The zero-order valence-electron chi connectivity index (χ0n) is 11.5. The van der Waals surface area contributed by atoms with Gasteiger partial charge in [-0.15, -0.1) is 0 Å². The highest BCUT2D eigenvalue weighted by Gasteiger charge is 2.12. The van der Waals surface area contributed by atoms with Crippen LogP contribution in [0.1, 0.15) is 22.3 Å². The van der Waals surface area contributed by atoms with Crippen molar-refractivity contribution in [1.29, 1.82) is 0 Å². The molecule has 0 radical (unpaired) electrons. The average molecular weight is 284 g/mol. The minimum atomic E-state index is -0.0891. The normalized spacial score (nSPS) is 12.2. The Morgan fingerprint density at radius 2 is 2.14 bits per heavy atom. The van der Waals surface area contributed by atoms with Gasteiger partial charge in [-0.3, -0.25) is 9.78 Å². The third-order valence-corrected chi connectivity index (χ3v) is 3.29. The fourth-order valence-electron chi connectivity index (χ4n) is 2.19. The summed E-state index contributed by atoms with van der Waals surface area (Å²) in [5.74, 6) is 1.50. The number of hydrogen-bond donors (Lipinski definition) is 1. The number of rotatable bonds is 5. The smallest absolute Gasteiger partial charge is 0.252 e. The summed E-state index contributed by atoms with van der Waals surface area (Å²) in [7, 11) is 0. The molecule has 0 saturated heterocycles. The Labute approximate surface area is 122 Å². The molecule has 0 atom stereocenters. The van der Waals surface area contributed by atoms with Gasteiger partial charge in [0.05, 0.1) is 5.56 Å². The molecule has 0 spiro atoms. The summed E-state index contributed by atoms with van der Waals surface area (Å²) in [6.07, 6.45) is 4.96. The number of pyridine rings is 1. The van der Waals surface area contributed by atoms with Gasteiger partial charge in [0.15, 0.2) is 11.5 Å². The molecule has 1 N–H and O–H groups in total. The Balaban J connectivity index is 1.45. The summed E-state index contributed by atoms with van der Waals surface area (Å²) in [6.45, 7) is 0.919. The van der Waals surface area contributed by atoms with E-state index in [9.17, 15) is 4.79 Å². The van der Waals surface area contributed by atoms with Gasteiger partial charge in [-0.2, -0.15) is 0 Å². The molecule has 2 aromatic rings. The molecule has 5 heteroatoms. The third-order valence-electron chi connectivity index (χ3n) is 3.29. The Kier molecular flexibility index (Phi) is 4.00. The van der Waals surface area contributed by atoms with Gasteiger partial charge in [-0.1, -0.05) is 6.07 Å². The highest BCUT2D eigenvalue weighted by atomic mass is 16.7. The molecular weight excluding hydrogens is 268 g/mol. The summed E-state index contributed by atoms with van der Waals surface area (Å²) in [4.78, 5) is 15.7. The molecule has 5 nitrogen and oxygen atoms in total. The number of carbonyl (C=O) groups is 1. The van der Waals surface area contributed by atoms with E-state index in [1.54, 1.807) is 24.5 Å². The largest absolute Gasteiger partial charge is 0.454 e. The number of hydrogen-bond acceptors (Lipinski definition) is 4. The SMILES string of the molecule is O=C(NCCCc1ccc2c(c1)OCO2)c1cccnc1. The van der Waals surface area contributed by atoms with Crippen LogP contribution in [-0.2, 0) is 6.42 Å². The molecule has 1 aromatic heterocycles. The van der Waals surface area contributed by atoms with Crippen molar-refractivity contribution in [3.05, 3.63) is 53.9 Å². The number of carbonyl (C=O) groups excluding carboxylic acids is 1. The molecule has 21 heavy (non-hydrogen) atoms. The molecule has 0 unspecified atom stereocenters. The van der Waals surface area contributed by atoms with Crippen molar-refractivity contribution in [2.45, 2.75) is 12.8 Å². The van der Waals surface area contributed by atoms with Crippen molar-refractivity contribution in [2.75, 3.05) is 13.3 Å². The van der Waals surface area contributed by atoms with Crippen LogP contribution in [-0.4, -0.2) is 24.2 Å². The second-order valence-electron chi connectivity index (χ2n) is 4.79. The Morgan fingerprint density at radius 3 is 3.00 bits per heavy atom. The molecule has 1 aliphatic rings. The standard InChI is InChI=1S/C16H16N2O3/c19-16(13-4-2-7-17-10-13)18-8-1-3-12-5-6-14-15(9-12)21-11-20-14/h2,4-7,9-10H,1,3,8,11H2,(H,18,19). The average Bonchev–Trinajstić information content (AvgIpc) is 3.00. The summed E-state index contributed by atoms with van der Waals surface area (Å²) in [5.41, 5.74) is 1.76. The molecule has 0 aliphatic carbocycles. The number of aromatic nitrogens is 1. The van der Waals surface area contributed by atoms with Crippen LogP contribution in [0.25, 0.3) is 0 Å². The van der Waals surface area contributed by atoms with E-state index in [1.165, 1.54) is 5.56 Å². The van der Waals surface area contributed by atoms with E-state index in [0.29, 0.717) is 18.9 Å². The summed E-state index contributed by atoms with van der Waals surface area (Å²) >= 11 is 0. The zero-order chi connectivity index (χ0) is 14.5. The van der Waals surface area contributed by atoms with E-state index >= 15 is 0 Å². The van der Waals surface area contributed by atoms with E-state index in [0.717, 1.165) is 24.3 Å². The summed E-state index contributed by atoms with van der Waals surface area (Å²) in [6, 6.07) is 9.44. The van der Waals surface area contributed by atoms with Crippen LogP contribution >= 0.6 is 0 Å². The molecule has 0 fully saturated rings. The van der Waals surface area contributed by atoms with Crippen LogP contribution < -0.4 is 14.8 Å². The first kappa shape index (κ1) is 13.4. The fourth-order valence-corrected chi connectivity index (χ4v) is 2.19. The quantitative estimate of drug-likeness (QED) is 0.855. The van der Waals surface area contributed by atoms with Crippen molar-refractivity contribution in [1.82, 2.24) is 10.3 Å². The van der Waals surface area contributed by atoms with Crippen LogP contribution in [0.4, 0.5) is 0 Å². The molecule has 0 saturated carbocycles. The topological polar surface area (TPSA) is 60.5 Å². The lowest BCUT2D eigenvalue weighted by atomic mass is 10.1. The molecular formula is C16H16N2O3. The van der Waals surface area contributed by atoms with Crippen LogP contribution in [0.3, 0.4) is 0 Å². The molecule has 2 heterocycles. The fraction of sp³-hybridized carbons (Fsp3) is 0.250. The predicted octanol–water partition coefficient (Wildman–Crippen LogP) is 2.17. The Morgan fingerprint density at radius 1 is 1.24 bits per heavy atom. The summed E-state index contributed by atoms with van der Waals surface area (Å²) in [5, 5.41) is 2.89. The van der Waals surface area contributed by atoms with E-state index < -0.39 is 0 Å². The van der Waals surface area contributed by atoms with Gasteiger partial charge < -0.3 is 14.8 Å². The minimum absolute atomic E-state index is 0.0891. The lowest BCUT2D eigenvalue weighted by Gasteiger charge is -2.06. The van der Waals surface area contributed by atoms with Gasteiger partial charge >= 0.3 is 0 Å². The number of fused-ring (bicyclic) bond motifs is 1. The first-order valence-corrected chi connectivity index (χ1v) is 6.90.